The predicted molar refractivity (Wildman–Crippen MR) is 89.3 cm³/mol. The zero-order valence-corrected chi connectivity index (χ0v) is 14.1. The smallest absolute Gasteiger partial charge is 0.258 e. The number of rotatable bonds is 4. The summed E-state index contributed by atoms with van der Waals surface area (Å²) in [5, 5.41) is 2.96. The maximum absolute atomic E-state index is 13.1. The molecule has 23 heavy (non-hydrogen) atoms. The molecule has 0 bridgehead atoms. The summed E-state index contributed by atoms with van der Waals surface area (Å²) in [6.07, 6.45) is 4.89. The van der Waals surface area contributed by atoms with Gasteiger partial charge < -0.3 is 14.4 Å². The number of aromatic nitrogens is 1. The van der Waals surface area contributed by atoms with Crippen LogP contribution in [0.5, 0.6) is 11.5 Å². The Kier molecular flexibility index (Phi) is 4.81. The van der Waals surface area contributed by atoms with Crippen LogP contribution in [0.1, 0.15) is 40.7 Å². The summed E-state index contributed by atoms with van der Waals surface area (Å²) in [4.78, 5) is 19.4. The second-order valence-electron chi connectivity index (χ2n) is 5.45. The van der Waals surface area contributed by atoms with E-state index in [-0.39, 0.29) is 11.9 Å². The number of ether oxygens (including phenoxy) is 2. The van der Waals surface area contributed by atoms with E-state index in [1.165, 1.54) is 0 Å². The number of likely N-dealkylation sites (tertiary alicyclic amines) is 1. The van der Waals surface area contributed by atoms with Crippen molar-refractivity contribution in [3.05, 3.63) is 40.3 Å². The zero-order valence-electron chi connectivity index (χ0n) is 13.3. The second-order valence-corrected chi connectivity index (χ2v) is 6.37. The Morgan fingerprint density at radius 3 is 2.87 bits per heavy atom. The summed E-state index contributed by atoms with van der Waals surface area (Å²) < 4.78 is 10.6. The van der Waals surface area contributed by atoms with Crippen LogP contribution in [0.4, 0.5) is 0 Å². The average Bonchev–Trinajstić information content (AvgIpc) is 3.15. The number of carbonyl (C=O) groups is 1. The first-order valence-corrected chi connectivity index (χ1v) is 8.55. The first kappa shape index (κ1) is 15.8. The number of thiazole rings is 1. The standard InChI is InChI=1S/C17H20N2O3S/c1-21-12-6-7-13(15(11-12)22-2)17(20)19-9-4-3-5-14(19)16-18-8-10-23-16/h6-8,10-11,14H,3-5,9H2,1-2H3/t14-/m1/s1. The molecular formula is C17H20N2O3S. The lowest BCUT2D eigenvalue weighted by Gasteiger charge is -2.34. The van der Waals surface area contributed by atoms with Gasteiger partial charge in [-0.2, -0.15) is 0 Å². The van der Waals surface area contributed by atoms with Crippen molar-refractivity contribution in [2.45, 2.75) is 25.3 Å². The monoisotopic (exact) mass is 332 g/mol. The fraction of sp³-hybridized carbons (Fsp3) is 0.412. The van der Waals surface area contributed by atoms with E-state index in [0.717, 1.165) is 30.8 Å². The number of hydrogen-bond acceptors (Lipinski definition) is 5. The Balaban J connectivity index is 1.91. The summed E-state index contributed by atoms with van der Waals surface area (Å²) in [5.41, 5.74) is 0.566. The third-order valence-electron chi connectivity index (χ3n) is 4.14. The van der Waals surface area contributed by atoms with E-state index in [2.05, 4.69) is 4.98 Å². The topological polar surface area (TPSA) is 51.7 Å². The largest absolute Gasteiger partial charge is 0.497 e. The van der Waals surface area contributed by atoms with Gasteiger partial charge in [0.2, 0.25) is 0 Å². The molecule has 0 unspecified atom stereocenters. The van der Waals surface area contributed by atoms with E-state index in [1.54, 1.807) is 50.0 Å². The van der Waals surface area contributed by atoms with Crippen LogP contribution >= 0.6 is 11.3 Å². The van der Waals surface area contributed by atoms with Crippen LogP contribution in [0, 0.1) is 0 Å². The summed E-state index contributed by atoms with van der Waals surface area (Å²) in [7, 11) is 3.17. The van der Waals surface area contributed by atoms with Gasteiger partial charge in [-0.3, -0.25) is 4.79 Å². The molecule has 5 nitrogen and oxygen atoms in total. The normalized spacial score (nSPS) is 17.8. The number of hydrogen-bond donors (Lipinski definition) is 0. The van der Waals surface area contributed by atoms with Gasteiger partial charge in [-0.1, -0.05) is 0 Å². The molecule has 0 N–H and O–H groups in total. The molecule has 122 valence electrons. The molecule has 1 aliphatic rings. The minimum absolute atomic E-state index is 0.00981. The van der Waals surface area contributed by atoms with Gasteiger partial charge in [-0.15, -0.1) is 11.3 Å². The Labute approximate surface area is 139 Å². The van der Waals surface area contributed by atoms with Gasteiger partial charge in [0, 0.05) is 24.2 Å². The van der Waals surface area contributed by atoms with Crippen LogP contribution in [-0.2, 0) is 0 Å². The number of nitrogens with zero attached hydrogens (tertiary/aromatic N) is 2. The molecule has 2 heterocycles. The number of benzene rings is 1. The van der Waals surface area contributed by atoms with Crippen molar-refractivity contribution in [2.24, 2.45) is 0 Å². The highest BCUT2D eigenvalue weighted by Crippen LogP contribution is 2.35. The molecule has 1 saturated heterocycles. The molecule has 0 saturated carbocycles. The molecule has 6 heteroatoms. The molecule has 1 aromatic heterocycles. The predicted octanol–water partition coefficient (Wildman–Crippen LogP) is 3.53. The van der Waals surface area contributed by atoms with Gasteiger partial charge in [-0.05, 0) is 31.4 Å². The molecule has 0 radical (unpaired) electrons. The quantitative estimate of drug-likeness (QED) is 0.859. The van der Waals surface area contributed by atoms with Gasteiger partial charge in [-0.25, -0.2) is 4.98 Å². The summed E-state index contributed by atoms with van der Waals surface area (Å²) in [5.74, 6) is 1.20. The van der Waals surface area contributed by atoms with Crippen LogP contribution in [-0.4, -0.2) is 36.6 Å². The lowest BCUT2D eigenvalue weighted by molar-refractivity contribution is 0.0608. The highest BCUT2D eigenvalue weighted by atomic mass is 32.1. The molecule has 1 aromatic carbocycles. The lowest BCUT2D eigenvalue weighted by Crippen LogP contribution is -2.38. The van der Waals surface area contributed by atoms with Gasteiger partial charge >= 0.3 is 0 Å². The molecule has 3 rings (SSSR count). The number of methoxy groups -OCH3 is 2. The molecule has 0 spiro atoms. The summed E-state index contributed by atoms with van der Waals surface area (Å²) in [6, 6.07) is 5.37. The Bertz CT molecular complexity index is 672. The Morgan fingerprint density at radius 2 is 2.17 bits per heavy atom. The van der Waals surface area contributed by atoms with Crippen LogP contribution in [0.3, 0.4) is 0 Å². The van der Waals surface area contributed by atoms with Crippen LogP contribution in [0.15, 0.2) is 29.8 Å². The van der Waals surface area contributed by atoms with Crippen molar-refractivity contribution < 1.29 is 14.3 Å². The minimum atomic E-state index is -0.00981. The zero-order chi connectivity index (χ0) is 16.2. The van der Waals surface area contributed by atoms with Crippen molar-refractivity contribution in [3.63, 3.8) is 0 Å². The summed E-state index contributed by atoms with van der Waals surface area (Å²) in [6.45, 7) is 0.748. The van der Waals surface area contributed by atoms with E-state index in [1.807, 2.05) is 10.3 Å². The Morgan fingerprint density at radius 1 is 1.30 bits per heavy atom. The van der Waals surface area contributed by atoms with E-state index in [0.29, 0.717) is 17.1 Å². The molecule has 1 fully saturated rings. The number of carbonyl (C=O) groups excluding carboxylic acids is 1. The van der Waals surface area contributed by atoms with Crippen molar-refractivity contribution in [1.82, 2.24) is 9.88 Å². The molecule has 0 aliphatic carbocycles. The minimum Gasteiger partial charge on any atom is -0.497 e. The lowest BCUT2D eigenvalue weighted by atomic mass is 10.0. The summed E-state index contributed by atoms with van der Waals surface area (Å²) >= 11 is 1.61. The molecule has 1 aliphatic heterocycles. The van der Waals surface area contributed by atoms with E-state index >= 15 is 0 Å². The van der Waals surface area contributed by atoms with Crippen molar-refractivity contribution in [3.8, 4) is 11.5 Å². The highest BCUT2D eigenvalue weighted by Gasteiger charge is 2.31. The van der Waals surface area contributed by atoms with Gasteiger partial charge in [0.05, 0.1) is 25.8 Å². The first-order chi connectivity index (χ1) is 11.2. The second kappa shape index (κ2) is 7.00. The first-order valence-electron chi connectivity index (χ1n) is 7.67. The van der Waals surface area contributed by atoms with Gasteiger partial charge in [0.25, 0.3) is 5.91 Å². The van der Waals surface area contributed by atoms with E-state index in [4.69, 9.17) is 9.47 Å². The molecular weight excluding hydrogens is 312 g/mol. The van der Waals surface area contributed by atoms with Crippen LogP contribution in [0.2, 0.25) is 0 Å². The molecule has 1 atom stereocenters. The molecule has 1 amide bonds. The highest BCUT2D eigenvalue weighted by molar-refractivity contribution is 7.09. The van der Waals surface area contributed by atoms with Gasteiger partial charge in [0.15, 0.2) is 0 Å². The number of amides is 1. The van der Waals surface area contributed by atoms with Crippen LogP contribution < -0.4 is 9.47 Å². The fourth-order valence-electron chi connectivity index (χ4n) is 2.96. The van der Waals surface area contributed by atoms with Crippen LogP contribution in [0.25, 0.3) is 0 Å². The Hall–Kier alpha value is -2.08. The maximum atomic E-state index is 13.1. The SMILES string of the molecule is COc1ccc(C(=O)N2CCCC[C@@H]2c2nccs2)c(OC)c1. The van der Waals surface area contributed by atoms with E-state index < -0.39 is 0 Å². The van der Waals surface area contributed by atoms with Crippen molar-refractivity contribution in [1.29, 1.82) is 0 Å². The third kappa shape index (κ3) is 3.17. The third-order valence-corrected chi connectivity index (χ3v) is 5.02. The molecule has 2 aromatic rings. The van der Waals surface area contributed by atoms with E-state index in [9.17, 15) is 4.79 Å². The van der Waals surface area contributed by atoms with Gasteiger partial charge in [0.1, 0.15) is 16.5 Å². The average molecular weight is 332 g/mol. The van der Waals surface area contributed by atoms with Crippen molar-refractivity contribution >= 4 is 17.2 Å². The fourth-order valence-corrected chi connectivity index (χ4v) is 3.75. The van der Waals surface area contributed by atoms with Crippen molar-refractivity contribution in [2.75, 3.05) is 20.8 Å². The maximum Gasteiger partial charge on any atom is 0.258 e. The number of piperidine rings is 1.